The number of esters is 1. The van der Waals surface area contributed by atoms with Crippen LogP contribution >= 0.6 is 15.9 Å². The molecule has 2 aromatic rings. The van der Waals surface area contributed by atoms with Crippen molar-refractivity contribution in [3.63, 3.8) is 0 Å². The summed E-state index contributed by atoms with van der Waals surface area (Å²) in [5.74, 6) is 0.964. The number of carbonyl (C=O) groups excluding carboxylic acids is 1. The number of rotatable bonds is 5. The van der Waals surface area contributed by atoms with Crippen molar-refractivity contribution in [2.75, 3.05) is 13.7 Å². The molecule has 0 saturated heterocycles. The monoisotopic (exact) mass is 401 g/mol. The average Bonchev–Trinajstić information content (AvgIpc) is 2.97. The molecule has 3 rings (SSSR count). The third kappa shape index (κ3) is 3.74. The number of nitrogens with zero attached hydrogens (tertiary/aromatic N) is 1. The normalized spacial score (nSPS) is 15.1. The van der Waals surface area contributed by atoms with Gasteiger partial charge >= 0.3 is 5.97 Å². The van der Waals surface area contributed by atoms with Crippen molar-refractivity contribution in [2.24, 2.45) is 4.99 Å². The van der Waals surface area contributed by atoms with Gasteiger partial charge in [-0.05, 0) is 37.3 Å². The Labute approximate surface area is 154 Å². The van der Waals surface area contributed by atoms with E-state index < -0.39 is 5.97 Å². The minimum Gasteiger partial charge on any atom is -0.496 e. The first kappa shape index (κ1) is 17.2. The highest BCUT2D eigenvalue weighted by Gasteiger charge is 2.26. The lowest BCUT2D eigenvalue weighted by Gasteiger charge is -2.07. The molecule has 0 aliphatic carbocycles. The highest BCUT2D eigenvalue weighted by atomic mass is 79.9. The maximum atomic E-state index is 12.2. The zero-order chi connectivity index (χ0) is 17.8. The zero-order valence-electron chi connectivity index (χ0n) is 13.8. The van der Waals surface area contributed by atoms with Crippen LogP contribution in [0.15, 0.2) is 57.6 Å². The summed E-state index contributed by atoms with van der Waals surface area (Å²) in [6.45, 7) is 2.44. The van der Waals surface area contributed by atoms with Gasteiger partial charge in [0.25, 0.3) is 0 Å². The van der Waals surface area contributed by atoms with E-state index in [1.165, 1.54) is 0 Å². The maximum Gasteiger partial charge on any atom is 0.363 e. The third-order valence-electron chi connectivity index (χ3n) is 3.52. The van der Waals surface area contributed by atoms with E-state index in [1.807, 2.05) is 37.3 Å². The first-order valence-electron chi connectivity index (χ1n) is 7.70. The number of halogens is 1. The van der Waals surface area contributed by atoms with Crippen molar-refractivity contribution in [3.8, 4) is 11.5 Å². The average molecular weight is 402 g/mol. The molecule has 1 aliphatic heterocycles. The Hall–Kier alpha value is -2.60. The van der Waals surface area contributed by atoms with Gasteiger partial charge in [0.2, 0.25) is 5.90 Å². The molecule has 0 amide bonds. The van der Waals surface area contributed by atoms with Crippen molar-refractivity contribution in [1.82, 2.24) is 0 Å². The fourth-order valence-corrected chi connectivity index (χ4v) is 2.77. The maximum absolute atomic E-state index is 12.2. The Morgan fingerprint density at radius 3 is 2.76 bits per heavy atom. The Morgan fingerprint density at radius 2 is 2.00 bits per heavy atom. The van der Waals surface area contributed by atoms with Crippen molar-refractivity contribution in [1.29, 1.82) is 0 Å². The number of cyclic esters (lactones) is 1. The fraction of sp³-hybridized carbons (Fsp3) is 0.158. The molecule has 25 heavy (non-hydrogen) atoms. The SMILES string of the molecule is CCOc1ccccc1/C=C1/N=C(c2cc(Br)ccc2OC)OC1=O. The minimum absolute atomic E-state index is 0.211. The molecule has 0 N–H and O–H groups in total. The zero-order valence-corrected chi connectivity index (χ0v) is 15.4. The summed E-state index contributed by atoms with van der Waals surface area (Å²) in [6, 6.07) is 12.9. The molecule has 0 saturated carbocycles. The van der Waals surface area contributed by atoms with Gasteiger partial charge in [0.05, 0.1) is 19.3 Å². The van der Waals surface area contributed by atoms with Crippen molar-refractivity contribution < 1.29 is 19.0 Å². The Kier molecular flexibility index (Phi) is 5.19. The molecular weight excluding hydrogens is 386 g/mol. The number of aliphatic imine (C=N–C) groups is 1. The Balaban J connectivity index is 2.00. The van der Waals surface area contributed by atoms with Crippen LogP contribution in [0.4, 0.5) is 0 Å². The molecule has 128 valence electrons. The summed E-state index contributed by atoms with van der Waals surface area (Å²) in [6.07, 6.45) is 1.66. The van der Waals surface area contributed by atoms with Gasteiger partial charge in [0.15, 0.2) is 5.70 Å². The highest BCUT2D eigenvalue weighted by Crippen LogP contribution is 2.29. The van der Waals surface area contributed by atoms with Gasteiger partial charge in [0.1, 0.15) is 11.5 Å². The van der Waals surface area contributed by atoms with Gasteiger partial charge < -0.3 is 14.2 Å². The second-order valence-electron chi connectivity index (χ2n) is 5.15. The van der Waals surface area contributed by atoms with Crippen LogP contribution in [0.5, 0.6) is 11.5 Å². The molecule has 0 aromatic heterocycles. The summed E-state index contributed by atoms with van der Waals surface area (Å²) in [4.78, 5) is 16.6. The standard InChI is InChI=1S/C19H16BrNO4/c1-3-24-16-7-5-4-6-12(16)10-15-19(22)25-18(21-15)14-11-13(20)8-9-17(14)23-2/h4-11H,3H2,1-2H3/b15-10+. The summed E-state index contributed by atoms with van der Waals surface area (Å²) < 4.78 is 17.1. The second-order valence-corrected chi connectivity index (χ2v) is 6.07. The van der Waals surface area contributed by atoms with Crippen LogP contribution in [0.2, 0.25) is 0 Å². The molecule has 2 aromatic carbocycles. The molecule has 1 heterocycles. The molecule has 5 nitrogen and oxygen atoms in total. The summed E-state index contributed by atoms with van der Waals surface area (Å²) in [5.41, 5.74) is 1.58. The number of para-hydroxylation sites is 1. The summed E-state index contributed by atoms with van der Waals surface area (Å²) in [7, 11) is 1.55. The number of benzene rings is 2. The van der Waals surface area contributed by atoms with E-state index in [2.05, 4.69) is 20.9 Å². The number of hydrogen-bond donors (Lipinski definition) is 0. The number of carbonyl (C=O) groups is 1. The van der Waals surface area contributed by atoms with Crippen LogP contribution in [-0.2, 0) is 9.53 Å². The van der Waals surface area contributed by atoms with Crippen LogP contribution in [0, 0.1) is 0 Å². The van der Waals surface area contributed by atoms with Gasteiger partial charge in [-0.3, -0.25) is 0 Å². The van der Waals surface area contributed by atoms with E-state index in [0.29, 0.717) is 23.7 Å². The lowest BCUT2D eigenvalue weighted by atomic mass is 10.1. The highest BCUT2D eigenvalue weighted by molar-refractivity contribution is 9.10. The van der Waals surface area contributed by atoms with E-state index in [4.69, 9.17) is 14.2 Å². The third-order valence-corrected chi connectivity index (χ3v) is 4.02. The van der Waals surface area contributed by atoms with Gasteiger partial charge in [-0.2, -0.15) is 0 Å². The topological polar surface area (TPSA) is 57.1 Å². The number of methoxy groups -OCH3 is 1. The molecule has 0 unspecified atom stereocenters. The van der Waals surface area contributed by atoms with Gasteiger partial charge in [0, 0.05) is 10.0 Å². The minimum atomic E-state index is -0.511. The lowest BCUT2D eigenvalue weighted by Crippen LogP contribution is -2.07. The molecule has 0 bridgehead atoms. The molecule has 0 spiro atoms. The summed E-state index contributed by atoms with van der Waals surface area (Å²) in [5, 5.41) is 0. The largest absolute Gasteiger partial charge is 0.496 e. The van der Waals surface area contributed by atoms with Crippen LogP contribution < -0.4 is 9.47 Å². The van der Waals surface area contributed by atoms with Gasteiger partial charge in [-0.1, -0.05) is 34.1 Å². The molecule has 0 atom stereocenters. The van der Waals surface area contributed by atoms with Gasteiger partial charge in [-0.25, -0.2) is 9.79 Å². The van der Waals surface area contributed by atoms with Crippen LogP contribution in [0.3, 0.4) is 0 Å². The predicted molar refractivity (Wildman–Crippen MR) is 98.9 cm³/mol. The molecule has 6 heteroatoms. The molecular formula is C19H16BrNO4. The van der Waals surface area contributed by atoms with Crippen LogP contribution in [0.25, 0.3) is 6.08 Å². The van der Waals surface area contributed by atoms with E-state index in [0.717, 1.165) is 10.0 Å². The summed E-state index contributed by atoms with van der Waals surface area (Å²) >= 11 is 3.40. The van der Waals surface area contributed by atoms with Crippen LogP contribution in [0.1, 0.15) is 18.1 Å². The van der Waals surface area contributed by atoms with E-state index in [1.54, 1.807) is 25.3 Å². The quantitative estimate of drug-likeness (QED) is 0.556. The number of ether oxygens (including phenoxy) is 3. The van der Waals surface area contributed by atoms with E-state index in [-0.39, 0.29) is 11.6 Å². The first-order valence-corrected chi connectivity index (χ1v) is 8.50. The lowest BCUT2D eigenvalue weighted by molar-refractivity contribution is -0.129. The van der Waals surface area contributed by atoms with E-state index >= 15 is 0 Å². The Morgan fingerprint density at radius 1 is 1.20 bits per heavy atom. The predicted octanol–water partition coefficient (Wildman–Crippen LogP) is 4.20. The van der Waals surface area contributed by atoms with E-state index in [9.17, 15) is 4.79 Å². The van der Waals surface area contributed by atoms with Crippen molar-refractivity contribution in [2.45, 2.75) is 6.92 Å². The van der Waals surface area contributed by atoms with Crippen molar-refractivity contribution in [3.05, 3.63) is 63.8 Å². The van der Waals surface area contributed by atoms with Crippen molar-refractivity contribution >= 4 is 33.9 Å². The van der Waals surface area contributed by atoms with Crippen LogP contribution in [-0.4, -0.2) is 25.6 Å². The number of hydrogen-bond acceptors (Lipinski definition) is 5. The van der Waals surface area contributed by atoms with Gasteiger partial charge in [-0.15, -0.1) is 0 Å². The second kappa shape index (κ2) is 7.53. The molecule has 0 fully saturated rings. The molecule has 1 aliphatic rings. The first-order chi connectivity index (χ1) is 12.1. The smallest absolute Gasteiger partial charge is 0.363 e. The fourth-order valence-electron chi connectivity index (χ4n) is 2.41. The molecule has 0 radical (unpaired) electrons. The Bertz CT molecular complexity index is 873.